The van der Waals surface area contributed by atoms with Crippen LogP contribution in [0.1, 0.15) is 39.0 Å². The van der Waals surface area contributed by atoms with Gasteiger partial charge < -0.3 is 19.9 Å². The predicted octanol–water partition coefficient (Wildman–Crippen LogP) is 0.697. The van der Waals surface area contributed by atoms with Crippen molar-refractivity contribution in [2.45, 2.75) is 50.7 Å². The minimum atomic E-state index is -0.666. The largest absolute Gasteiger partial charge is 0.360 e. The summed E-state index contributed by atoms with van der Waals surface area (Å²) in [4.78, 5) is 41.2. The summed E-state index contributed by atoms with van der Waals surface area (Å²) < 4.78 is 6.18. The molecular weight excluding hydrogens is 346 g/mol. The molecule has 0 aliphatic carbocycles. The van der Waals surface area contributed by atoms with Crippen molar-refractivity contribution in [3.05, 3.63) is 12.2 Å². The van der Waals surface area contributed by atoms with E-state index in [2.05, 4.69) is 5.32 Å². The van der Waals surface area contributed by atoms with Gasteiger partial charge in [-0.2, -0.15) is 0 Å². The molecule has 27 heavy (non-hydrogen) atoms. The maximum atomic E-state index is 13.3. The molecule has 7 nitrogen and oxygen atoms in total. The van der Waals surface area contributed by atoms with Crippen LogP contribution in [0.5, 0.6) is 0 Å². The van der Waals surface area contributed by atoms with E-state index in [-0.39, 0.29) is 23.8 Å². The number of hydrogen-bond acceptors (Lipinski definition) is 4. The normalized spacial score (nSPS) is 35.1. The molecule has 4 atom stereocenters. The highest BCUT2D eigenvalue weighted by molar-refractivity contribution is 5.93. The van der Waals surface area contributed by atoms with Crippen LogP contribution < -0.4 is 5.32 Å². The van der Waals surface area contributed by atoms with Gasteiger partial charge in [-0.15, -0.1) is 0 Å². The summed E-state index contributed by atoms with van der Waals surface area (Å²) in [5.41, 5.74) is -0.666. The van der Waals surface area contributed by atoms with Gasteiger partial charge in [0.2, 0.25) is 17.7 Å². The minimum absolute atomic E-state index is 0.0161. The van der Waals surface area contributed by atoms with Crippen molar-refractivity contribution in [1.29, 1.82) is 0 Å². The third kappa shape index (κ3) is 3.26. The van der Waals surface area contributed by atoms with Gasteiger partial charge in [0.1, 0.15) is 5.60 Å². The molecule has 4 heterocycles. The maximum absolute atomic E-state index is 13.3. The lowest BCUT2D eigenvalue weighted by Gasteiger charge is -2.31. The second kappa shape index (κ2) is 7.26. The van der Waals surface area contributed by atoms with Crippen LogP contribution in [0.25, 0.3) is 0 Å². The number of ether oxygens (including phenoxy) is 1. The molecule has 0 aromatic carbocycles. The lowest BCUT2D eigenvalue weighted by molar-refractivity contribution is -0.143. The summed E-state index contributed by atoms with van der Waals surface area (Å²) in [6.07, 6.45) is 9.31. The van der Waals surface area contributed by atoms with Gasteiger partial charge in [0.05, 0.1) is 24.5 Å². The predicted molar refractivity (Wildman–Crippen MR) is 98.7 cm³/mol. The average molecular weight is 375 g/mol. The highest BCUT2D eigenvalue weighted by Crippen LogP contribution is 2.52. The second-order valence-electron chi connectivity index (χ2n) is 8.24. The van der Waals surface area contributed by atoms with Crippen molar-refractivity contribution < 1.29 is 19.1 Å². The standard InChI is InChI=1S/C20H29N3O4/c1-14(24)21-9-12-23-13-20-8-7-15(27-20)16(17(20)19(23)26)18(25)22-10-5-3-2-4-6-11-22/h7-8,15-17H,2-6,9-13H2,1H3,(H,21,24)/t15-,16-,17+,20-/m0/s1. The highest BCUT2D eigenvalue weighted by Gasteiger charge is 2.67. The Morgan fingerprint density at radius 2 is 1.93 bits per heavy atom. The zero-order chi connectivity index (χ0) is 19.0. The topological polar surface area (TPSA) is 79.0 Å². The molecule has 3 saturated heterocycles. The van der Waals surface area contributed by atoms with Crippen LogP contribution >= 0.6 is 0 Å². The molecule has 0 aromatic rings. The van der Waals surface area contributed by atoms with E-state index in [0.29, 0.717) is 19.6 Å². The molecule has 0 aromatic heterocycles. The summed E-state index contributed by atoms with van der Waals surface area (Å²) in [6, 6.07) is 0. The number of nitrogens with one attached hydrogen (secondary N) is 1. The Morgan fingerprint density at radius 3 is 2.63 bits per heavy atom. The summed E-state index contributed by atoms with van der Waals surface area (Å²) in [7, 11) is 0. The molecule has 3 amide bonds. The molecule has 0 radical (unpaired) electrons. The number of rotatable bonds is 4. The molecule has 0 unspecified atom stereocenters. The number of likely N-dealkylation sites (tertiary alicyclic amines) is 2. The van der Waals surface area contributed by atoms with Crippen LogP contribution in [0.2, 0.25) is 0 Å². The van der Waals surface area contributed by atoms with E-state index in [1.807, 2.05) is 17.1 Å². The molecule has 4 aliphatic rings. The van der Waals surface area contributed by atoms with Crippen LogP contribution in [-0.2, 0) is 19.1 Å². The van der Waals surface area contributed by atoms with E-state index >= 15 is 0 Å². The molecule has 2 bridgehead atoms. The molecule has 148 valence electrons. The van der Waals surface area contributed by atoms with Gasteiger partial charge in [0.25, 0.3) is 0 Å². The van der Waals surface area contributed by atoms with Gasteiger partial charge in [0.15, 0.2) is 0 Å². The Kier molecular flexibility index (Phi) is 4.97. The Bertz CT molecular complexity index is 656. The number of nitrogens with zero attached hydrogens (tertiary/aromatic N) is 2. The summed E-state index contributed by atoms with van der Waals surface area (Å²) in [6.45, 7) is 4.36. The smallest absolute Gasteiger partial charge is 0.230 e. The number of hydrogen-bond donors (Lipinski definition) is 1. The van der Waals surface area contributed by atoms with E-state index in [1.165, 1.54) is 13.3 Å². The number of fused-ring (bicyclic) bond motifs is 1. The van der Waals surface area contributed by atoms with E-state index in [9.17, 15) is 14.4 Å². The monoisotopic (exact) mass is 375 g/mol. The average Bonchev–Trinajstić information content (AvgIpc) is 3.22. The Morgan fingerprint density at radius 1 is 1.22 bits per heavy atom. The number of carbonyl (C=O) groups excluding carboxylic acids is 3. The minimum Gasteiger partial charge on any atom is -0.360 e. The molecule has 3 fully saturated rings. The van der Waals surface area contributed by atoms with Gasteiger partial charge in [-0.25, -0.2) is 0 Å². The summed E-state index contributed by atoms with van der Waals surface area (Å²) in [5, 5.41) is 2.73. The van der Waals surface area contributed by atoms with Crippen molar-refractivity contribution in [1.82, 2.24) is 15.1 Å². The fraction of sp³-hybridized carbons (Fsp3) is 0.750. The van der Waals surface area contributed by atoms with E-state index in [4.69, 9.17) is 4.74 Å². The van der Waals surface area contributed by atoms with Crippen molar-refractivity contribution in [3.8, 4) is 0 Å². The van der Waals surface area contributed by atoms with Crippen LogP contribution in [0.15, 0.2) is 12.2 Å². The first-order valence-electron chi connectivity index (χ1n) is 10.2. The summed E-state index contributed by atoms with van der Waals surface area (Å²) >= 11 is 0. The first-order valence-corrected chi connectivity index (χ1v) is 10.2. The summed E-state index contributed by atoms with van der Waals surface area (Å²) in [5.74, 6) is -0.884. The fourth-order valence-electron chi connectivity index (χ4n) is 5.10. The van der Waals surface area contributed by atoms with Crippen LogP contribution in [0.4, 0.5) is 0 Å². The molecular formula is C20H29N3O4. The Hall–Kier alpha value is -1.89. The van der Waals surface area contributed by atoms with Crippen molar-refractivity contribution in [3.63, 3.8) is 0 Å². The quantitative estimate of drug-likeness (QED) is 0.734. The van der Waals surface area contributed by atoms with Gasteiger partial charge in [-0.05, 0) is 12.8 Å². The van der Waals surface area contributed by atoms with Crippen molar-refractivity contribution in [2.75, 3.05) is 32.7 Å². The zero-order valence-electron chi connectivity index (χ0n) is 16.0. The molecule has 4 rings (SSSR count). The SMILES string of the molecule is CC(=O)NCCN1C[C@]23C=C[C@H](O2)[C@H](C(=O)N2CCCCCCC2)[C@@H]3C1=O. The zero-order valence-corrected chi connectivity index (χ0v) is 16.0. The number of carbonyl (C=O) groups is 3. The van der Waals surface area contributed by atoms with Crippen LogP contribution in [0.3, 0.4) is 0 Å². The van der Waals surface area contributed by atoms with Crippen molar-refractivity contribution in [2.24, 2.45) is 11.8 Å². The first-order chi connectivity index (χ1) is 13.0. The van der Waals surface area contributed by atoms with E-state index in [0.717, 1.165) is 38.8 Å². The van der Waals surface area contributed by atoms with Gasteiger partial charge in [-0.3, -0.25) is 14.4 Å². The first kappa shape index (κ1) is 18.5. The van der Waals surface area contributed by atoms with Crippen LogP contribution in [-0.4, -0.2) is 72.0 Å². The Labute approximate surface area is 160 Å². The van der Waals surface area contributed by atoms with Gasteiger partial charge >= 0.3 is 0 Å². The molecule has 7 heteroatoms. The second-order valence-corrected chi connectivity index (χ2v) is 8.24. The molecule has 0 saturated carbocycles. The Balaban J connectivity index is 1.48. The molecule has 1 spiro atoms. The molecule has 1 N–H and O–H groups in total. The third-order valence-electron chi connectivity index (χ3n) is 6.39. The van der Waals surface area contributed by atoms with E-state index < -0.39 is 17.4 Å². The maximum Gasteiger partial charge on any atom is 0.230 e. The lowest BCUT2D eigenvalue weighted by Crippen LogP contribution is -2.47. The molecule has 4 aliphatic heterocycles. The van der Waals surface area contributed by atoms with E-state index in [1.54, 1.807) is 4.90 Å². The van der Waals surface area contributed by atoms with Crippen LogP contribution in [0, 0.1) is 11.8 Å². The third-order valence-corrected chi connectivity index (χ3v) is 6.39. The highest BCUT2D eigenvalue weighted by atomic mass is 16.5. The van der Waals surface area contributed by atoms with Gasteiger partial charge in [-0.1, -0.05) is 31.4 Å². The van der Waals surface area contributed by atoms with Crippen molar-refractivity contribution >= 4 is 17.7 Å². The lowest BCUT2D eigenvalue weighted by atomic mass is 9.76. The van der Waals surface area contributed by atoms with Gasteiger partial charge in [0, 0.05) is 33.1 Å². The number of amides is 3. The fourth-order valence-corrected chi connectivity index (χ4v) is 5.10.